The predicted molar refractivity (Wildman–Crippen MR) is 62.1 cm³/mol. The fraction of sp³-hybridized carbons (Fsp3) is 0.750. The molecule has 104 valence electrons. The van der Waals surface area contributed by atoms with E-state index in [1.807, 2.05) is 0 Å². The van der Waals surface area contributed by atoms with Gasteiger partial charge in [-0.15, -0.1) is 0 Å². The predicted octanol–water partition coefficient (Wildman–Crippen LogP) is -0.908. The van der Waals surface area contributed by atoms with E-state index < -0.39 is 22.3 Å². The molecule has 0 heterocycles. The van der Waals surface area contributed by atoms with Crippen LogP contribution < -0.4 is 15.2 Å². The van der Waals surface area contributed by atoms with E-state index in [0.29, 0.717) is 0 Å². The lowest BCUT2D eigenvalue weighted by atomic mass is 10.2. The van der Waals surface area contributed by atoms with Crippen LogP contribution >= 0.6 is 0 Å². The van der Waals surface area contributed by atoms with Gasteiger partial charge in [0.05, 0.1) is 12.6 Å². The van der Waals surface area contributed by atoms with E-state index in [1.165, 1.54) is 0 Å². The smallest absolute Gasteiger partial charge is 0.421 e. The summed E-state index contributed by atoms with van der Waals surface area (Å²) < 4.78 is 31.4. The molecule has 1 atom stereocenters. The lowest BCUT2D eigenvalue weighted by Crippen LogP contribution is -2.51. The monoisotopic (exact) mass is 280 g/mol. The molecule has 10 heteroatoms. The van der Waals surface area contributed by atoms with Gasteiger partial charge in [-0.05, 0) is 25.7 Å². The van der Waals surface area contributed by atoms with Gasteiger partial charge in [-0.2, -0.15) is 13.1 Å². The van der Waals surface area contributed by atoms with E-state index in [-0.39, 0.29) is 18.4 Å². The molecule has 9 nitrogen and oxygen atoms in total. The normalized spacial score (nSPS) is 18.2. The minimum Gasteiger partial charge on any atom is -0.449 e. The molecular formula is C8H16N4O5S. The van der Waals surface area contributed by atoms with E-state index in [4.69, 9.17) is 10.9 Å². The zero-order chi connectivity index (χ0) is 13.8. The van der Waals surface area contributed by atoms with Crippen molar-refractivity contribution in [2.75, 3.05) is 6.61 Å². The maximum absolute atomic E-state index is 11.6. The first-order chi connectivity index (χ1) is 8.39. The SMILES string of the molecule is CCOC(=O)NS(=O)(=O)NC(C(N)=NO)C1CC1. The second-order valence-corrected chi connectivity index (χ2v) is 5.23. The highest BCUT2D eigenvalue weighted by molar-refractivity contribution is 7.88. The van der Waals surface area contributed by atoms with Gasteiger partial charge in [-0.1, -0.05) is 5.16 Å². The minimum atomic E-state index is -4.11. The standard InChI is InChI=1S/C8H16N4O5S/c1-2-17-8(13)12-18(15,16)11-6(5-3-4-5)7(9)10-14/h5-6,11,14H,2-4H2,1H3,(H2,9,10)(H,12,13). The molecule has 1 aliphatic rings. The van der Waals surface area contributed by atoms with Crippen molar-refractivity contribution >= 4 is 22.1 Å². The summed E-state index contributed by atoms with van der Waals surface area (Å²) in [5, 5.41) is 11.3. The molecule has 0 spiro atoms. The Morgan fingerprint density at radius 3 is 2.67 bits per heavy atom. The summed E-state index contributed by atoms with van der Waals surface area (Å²) in [7, 11) is -4.11. The molecule has 0 saturated heterocycles. The van der Waals surface area contributed by atoms with Gasteiger partial charge in [0.2, 0.25) is 0 Å². The number of hydrogen-bond acceptors (Lipinski definition) is 6. The van der Waals surface area contributed by atoms with Gasteiger partial charge < -0.3 is 15.7 Å². The van der Waals surface area contributed by atoms with Crippen LogP contribution in [0.5, 0.6) is 0 Å². The number of ether oxygens (including phenoxy) is 1. The molecule has 5 N–H and O–H groups in total. The number of amidine groups is 1. The summed E-state index contributed by atoms with van der Waals surface area (Å²) in [5.74, 6) is -0.272. The zero-order valence-corrected chi connectivity index (χ0v) is 10.6. The molecule has 1 fully saturated rings. The maximum Gasteiger partial charge on any atom is 0.421 e. The van der Waals surface area contributed by atoms with Gasteiger partial charge in [-0.3, -0.25) is 0 Å². The number of carbonyl (C=O) groups is 1. The minimum absolute atomic E-state index is 0.0281. The fourth-order valence-corrected chi connectivity index (χ4v) is 2.34. The largest absolute Gasteiger partial charge is 0.449 e. The van der Waals surface area contributed by atoms with Gasteiger partial charge >= 0.3 is 16.3 Å². The Labute approximate surface area is 105 Å². The number of nitrogens with two attached hydrogens (primary N) is 1. The van der Waals surface area contributed by atoms with E-state index in [2.05, 4.69) is 14.6 Å². The van der Waals surface area contributed by atoms with Crippen molar-refractivity contribution in [3.05, 3.63) is 0 Å². The molecule has 0 aromatic rings. The van der Waals surface area contributed by atoms with Crippen molar-refractivity contribution in [1.29, 1.82) is 0 Å². The number of nitrogens with one attached hydrogen (secondary N) is 2. The van der Waals surface area contributed by atoms with Crippen molar-refractivity contribution in [2.24, 2.45) is 16.8 Å². The topological polar surface area (TPSA) is 143 Å². The molecule has 1 amide bonds. The Bertz CT molecular complexity index is 431. The molecule has 0 aromatic heterocycles. The Balaban J connectivity index is 2.65. The highest BCUT2D eigenvalue weighted by Gasteiger charge is 2.37. The Morgan fingerprint density at radius 1 is 1.61 bits per heavy atom. The second-order valence-electron chi connectivity index (χ2n) is 3.78. The van der Waals surface area contributed by atoms with Crippen LogP contribution in [0.15, 0.2) is 5.16 Å². The summed E-state index contributed by atoms with van der Waals surface area (Å²) in [5.41, 5.74) is 5.38. The van der Waals surface area contributed by atoms with Crippen LogP contribution in [0.1, 0.15) is 19.8 Å². The van der Waals surface area contributed by atoms with E-state index in [9.17, 15) is 13.2 Å². The van der Waals surface area contributed by atoms with Crippen molar-refractivity contribution in [1.82, 2.24) is 9.44 Å². The summed E-state index contributed by atoms with van der Waals surface area (Å²) in [6.07, 6.45) is 0.449. The van der Waals surface area contributed by atoms with Crippen molar-refractivity contribution in [2.45, 2.75) is 25.8 Å². The van der Waals surface area contributed by atoms with Crippen LogP contribution in [0.3, 0.4) is 0 Å². The van der Waals surface area contributed by atoms with Gasteiger partial charge in [0, 0.05) is 0 Å². The summed E-state index contributed by atoms with van der Waals surface area (Å²) >= 11 is 0. The maximum atomic E-state index is 11.6. The van der Waals surface area contributed by atoms with Crippen LogP contribution in [0.2, 0.25) is 0 Å². The molecular weight excluding hydrogens is 264 g/mol. The van der Waals surface area contributed by atoms with Crippen LogP contribution in [0.4, 0.5) is 4.79 Å². The number of hydrogen-bond donors (Lipinski definition) is 4. The van der Waals surface area contributed by atoms with Gasteiger partial charge in [0.25, 0.3) is 0 Å². The number of nitrogens with zero attached hydrogens (tertiary/aromatic N) is 1. The molecule has 1 saturated carbocycles. The average molecular weight is 280 g/mol. The first-order valence-corrected chi connectivity index (χ1v) is 6.82. The molecule has 0 radical (unpaired) electrons. The molecule has 0 aliphatic heterocycles. The highest BCUT2D eigenvalue weighted by Crippen LogP contribution is 2.32. The molecule has 18 heavy (non-hydrogen) atoms. The van der Waals surface area contributed by atoms with E-state index in [1.54, 1.807) is 11.6 Å². The summed E-state index contributed by atoms with van der Waals surface area (Å²) in [6.45, 7) is 1.59. The second kappa shape index (κ2) is 5.87. The molecule has 0 aromatic carbocycles. The highest BCUT2D eigenvalue weighted by atomic mass is 32.2. The lowest BCUT2D eigenvalue weighted by molar-refractivity contribution is 0.158. The van der Waals surface area contributed by atoms with Gasteiger partial charge in [0.1, 0.15) is 0 Å². The van der Waals surface area contributed by atoms with Crippen LogP contribution in [0.25, 0.3) is 0 Å². The Kier molecular flexibility index (Phi) is 4.73. The first-order valence-electron chi connectivity index (χ1n) is 5.34. The Hall–Kier alpha value is -1.55. The zero-order valence-electron chi connectivity index (χ0n) is 9.79. The molecule has 0 bridgehead atoms. The van der Waals surface area contributed by atoms with Crippen LogP contribution in [0, 0.1) is 5.92 Å². The average Bonchev–Trinajstić information content (AvgIpc) is 3.08. The van der Waals surface area contributed by atoms with Crippen molar-refractivity contribution < 1.29 is 23.2 Å². The fourth-order valence-electron chi connectivity index (χ4n) is 1.36. The van der Waals surface area contributed by atoms with E-state index >= 15 is 0 Å². The lowest BCUT2D eigenvalue weighted by Gasteiger charge is -2.16. The third-order valence-electron chi connectivity index (χ3n) is 2.30. The quantitative estimate of drug-likeness (QED) is 0.215. The third kappa shape index (κ3) is 4.37. The van der Waals surface area contributed by atoms with Crippen LogP contribution in [-0.2, 0) is 14.9 Å². The van der Waals surface area contributed by atoms with E-state index in [0.717, 1.165) is 12.8 Å². The van der Waals surface area contributed by atoms with Gasteiger partial charge in [0.15, 0.2) is 5.84 Å². The molecule has 1 aliphatic carbocycles. The van der Waals surface area contributed by atoms with Gasteiger partial charge in [-0.25, -0.2) is 9.52 Å². The van der Waals surface area contributed by atoms with Crippen LogP contribution in [-0.4, -0.2) is 38.2 Å². The number of carbonyl (C=O) groups excluding carboxylic acids is 1. The molecule has 1 rings (SSSR count). The number of amides is 1. The van der Waals surface area contributed by atoms with Crippen molar-refractivity contribution in [3.63, 3.8) is 0 Å². The third-order valence-corrected chi connectivity index (χ3v) is 3.30. The Morgan fingerprint density at radius 2 is 2.22 bits per heavy atom. The summed E-state index contributed by atoms with van der Waals surface area (Å²) in [6, 6.07) is -0.832. The molecule has 1 unspecified atom stereocenters. The first kappa shape index (κ1) is 14.5. The number of rotatable bonds is 6. The summed E-state index contributed by atoms with van der Waals surface area (Å²) in [4.78, 5) is 11.0. The van der Waals surface area contributed by atoms with Crippen molar-refractivity contribution in [3.8, 4) is 0 Å². The number of oxime groups is 1.